The van der Waals surface area contributed by atoms with Crippen LogP contribution in [0.15, 0.2) is 53.5 Å². The minimum Gasteiger partial charge on any atom is -0.351 e. The third kappa shape index (κ3) is 7.58. The number of aryl methyl sites for hydroxylation is 1. The molecule has 32 heavy (non-hydrogen) atoms. The van der Waals surface area contributed by atoms with E-state index in [1.165, 1.54) is 4.31 Å². The molecule has 0 fully saturated rings. The van der Waals surface area contributed by atoms with Gasteiger partial charge in [0.2, 0.25) is 0 Å². The summed E-state index contributed by atoms with van der Waals surface area (Å²) in [6.45, 7) is 2.02. The number of hydrogen-bond acceptors (Lipinski definition) is 5. The molecule has 0 spiro atoms. The van der Waals surface area contributed by atoms with Gasteiger partial charge in [-0.1, -0.05) is 42.1 Å². The van der Waals surface area contributed by atoms with E-state index in [9.17, 15) is 4.79 Å². The molecule has 0 atom stereocenters. The highest BCUT2D eigenvalue weighted by molar-refractivity contribution is 9.10. The van der Waals surface area contributed by atoms with Gasteiger partial charge >= 0.3 is 6.03 Å². The van der Waals surface area contributed by atoms with Gasteiger partial charge < -0.3 is 15.2 Å². The summed E-state index contributed by atoms with van der Waals surface area (Å²) in [7, 11) is 0. The summed E-state index contributed by atoms with van der Waals surface area (Å²) in [4.78, 5) is 26.0. The molecule has 2 amide bonds. The van der Waals surface area contributed by atoms with E-state index in [0.29, 0.717) is 36.2 Å². The monoisotopic (exact) mass is 556 g/mol. The second-order valence-electron chi connectivity index (χ2n) is 7.02. The summed E-state index contributed by atoms with van der Waals surface area (Å²) in [6.07, 6.45) is 6.83. The summed E-state index contributed by atoms with van der Waals surface area (Å²) in [6, 6.07) is 9.13. The van der Waals surface area contributed by atoms with Crippen LogP contribution in [-0.4, -0.2) is 44.9 Å². The van der Waals surface area contributed by atoms with Gasteiger partial charge in [-0.25, -0.2) is 14.8 Å². The van der Waals surface area contributed by atoms with Crippen molar-refractivity contribution in [2.75, 3.05) is 24.5 Å². The van der Waals surface area contributed by atoms with Gasteiger partial charge in [0.25, 0.3) is 0 Å². The fourth-order valence-corrected chi connectivity index (χ4v) is 3.70. The predicted octanol–water partition coefficient (Wildman–Crippen LogP) is 5.37. The molecule has 2 aromatic heterocycles. The van der Waals surface area contributed by atoms with Crippen LogP contribution in [0.1, 0.15) is 17.7 Å². The van der Waals surface area contributed by atoms with E-state index >= 15 is 0 Å². The lowest BCUT2D eigenvalue weighted by atomic mass is 10.2. The number of hydrogen-bond donors (Lipinski definition) is 3. The van der Waals surface area contributed by atoms with Crippen molar-refractivity contribution >= 4 is 63.8 Å². The quantitative estimate of drug-likeness (QED) is 0.231. The van der Waals surface area contributed by atoms with Crippen molar-refractivity contribution in [3.05, 3.63) is 74.8 Å². The molecule has 3 aromatic rings. The lowest BCUT2D eigenvalue weighted by molar-refractivity contribution is 0.226. The zero-order valence-electron chi connectivity index (χ0n) is 17.1. The highest BCUT2D eigenvalue weighted by atomic mass is 79.9. The SMILES string of the molecule is O=C(NCCCc1c[nH]cn1)N(S)CCN(Cc1ccc(Cl)c(Cl)c1)c1ccc(Br)cn1. The summed E-state index contributed by atoms with van der Waals surface area (Å²) >= 11 is 20.0. The highest BCUT2D eigenvalue weighted by Gasteiger charge is 2.14. The third-order valence-corrected chi connectivity index (χ3v) is 6.24. The molecule has 2 N–H and O–H groups in total. The van der Waals surface area contributed by atoms with Crippen LogP contribution in [0.25, 0.3) is 0 Å². The normalized spacial score (nSPS) is 10.8. The Labute approximate surface area is 211 Å². The molecule has 170 valence electrons. The minimum absolute atomic E-state index is 0.242. The fraction of sp³-hybridized carbons (Fsp3) is 0.286. The number of urea groups is 1. The maximum Gasteiger partial charge on any atom is 0.327 e. The average Bonchev–Trinajstić information content (AvgIpc) is 3.30. The number of carbonyl (C=O) groups excluding carboxylic acids is 1. The van der Waals surface area contributed by atoms with E-state index in [1.54, 1.807) is 18.6 Å². The van der Waals surface area contributed by atoms with Crippen molar-refractivity contribution in [3.8, 4) is 0 Å². The van der Waals surface area contributed by atoms with E-state index < -0.39 is 0 Å². The van der Waals surface area contributed by atoms with Gasteiger partial charge in [0.1, 0.15) is 5.82 Å². The molecular weight excluding hydrogens is 535 g/mol. The van der Waals surface area contributed by atoms with E-state index in [1.807, 2.05) is 30.5 Å². The zero-order valence-corrected chi connectivity index (χ0v) is 21.1. The molecule has 3 rings (SSSR count). The number of anilines is 1. The van der Waals surface area contributed by atoms with E-state index in [4.69, 9.17) is 23.2 Å². The van der Waals surface area contributed by atoms with Crippen molar-refractivity contribution < 1.29 is 4.79 Å². The number of rotatable bonds is 10. The molecule has 0 aliphatic heterocycles. The first-order chi connectivity index (χ1) is 15.4. The van der Waals surface area contributed by atoms with Gasteiger partial charge in [-0.15, -0.1) is 0 Å². The number of carbonyl (C=O) groups is 1. The fourth-order valence-electron chi connectivity index (χ4n) is 2.99. The maximum atomic E-state index is 12.4. The Bertz CT molecular complexity index is 1010. The topological polar surface area (TPSA) is 77.2 Å². The van der Waals surface area contributed by atoms with Gasteiger partial charge in [0.15, 0.2) is 0 Å². The summed E-state index contributed by atoms with van der Waals surface area (Å²) in [5.41, 5.74) is 1.96. The number of imidazole rings is 1. The first-order valence-electron chi connectivity index (χ1n) is 9.94. The Balaban J connectivity index is 1.55. The number of benzene rings is 1. The number of pyridine rings is 1. The Kier molecular flexibility index (Phi) is 9.52. The van der Waals surface area contributed by atoms with Crippen LogP contribution in [0, 0.1) is 0 Å². The Morgan fingerprint density at radius 3 is 2.69 bits per heavy atom. The van der Waals surface area contributed by atoms with E-state index in [2.05, 4.69) is 53.9 Å². The van der Waals surface area contributed by atoms with Gasteiger partial charge in [-0.3, -0.25) is 4.31 Å². The van der Waals surface area contributed by atoms with Crippen molar-refractivity contribution in [2.24, 2.45) is 0 Å². The minimum atomic E-state index is -0.242. The zero-order chi connectivity index (χ0) is 22.9. The van der Waals surface area contributed by atoms with Crippen LogP contribution in [0.5, 0.6) is 0 Å². The van der Waals surface area contributed by atoms with Crippen LogP contribution < -0.4 is 10.2 Å². The second kappa shape index (κ2) is 12.3. The van der Waals surface area contributed by atoms with Crippen molar-refractivity contribution in [2.45, 2.75) is 19.4 Å². The van der Waals surface area contributed by atoms with Crippen LogP contribution >= 0.6 is 51.9 Å². The molecule has 0 saturated heterocycles. The van der Waals surface area contributed by atoms with Gasteiger partial charge in [0.05, 0.1) is 28.6 Å². The van der Waals surface area contributed by atoms with Crippen LogP contribution in [-0.2, 0) is 13.0 Å². The molecule has 0 unspecified atom stereocenters. The first-order valence-corrected chi connectivity index (χ1v) is 11.9. The number of thiol groups is 1. The number of aromatic nitrogens is 3. The molecule has 0 saturated carbocycles. The smallest absolute Gasteiger partial charge is 0.327 e. The number of aromatic amines is 1. The van der Waals surface area contributed by atoms with Crippen molar-refractivity contribution in [1.29, 1.82) is 0 Å². The van der Waals surface area contributed by atoms with E-state index in [0.717, 1.165) is 34.4 Å². The van der Waals surface area contributed by atoms with Gasteiger partial charge in [-0.05, 0) is 58.6 Å². The molecule has 0 aliphatic carbocycles. The summed E-state index contributed by atoms with van der Waals surface area (Å²) in [5.74, 6) is 0.778. The number of amides is 2. The van der Waals surface area contributed by atoms with Gasteiger partial charge in [0, 0.05) is 36.5 Å². The van der Waals surface area contributed by atoms with Gasteiger partial charge in [-0.2, -0.15) is 0 Å². The van der Waals surface area contributed by atoms with Crippen molar-refractivity contribution in [1.82, 2.24) is 24.6 Å². The molecule has 2 heterocycles. The Hall–Kier alpha value is -1.94. The number of nitrogens with zero attached hydrogens (tertiary/aromatic N) is 4. The molecular formula is C21H23BrCl2N6OS. The van der Waals surface area contributed by atoms with Crippen LogP contribution in [0.2, 0.25) is 10.0 Å². The lowest BCUT2D eigenvalue weighted by Crippen LogP contribution is -2.39. The molecule has 0 radical (unpaired) electrons. The Morgan fingerprint density at radius 2 is 2.00 bits per heavy atom. The predicted molar refractivity (Wildman–Crippen MR) is 135 cm³/mol. The first kappa shape index (κ1) is 24.7. The molecule has 7 nitrogen and oxygen atoms in total. The molecule has 11 heteroatoms. The average molecular weight is 558 g/mol. The standard InChI is InChI=1S/C21H23BrCl2N6OS/c22-16-4-6-20(27-11-16)29(13-15-3-5-18(23)19(24)10-15)8-9-30(32)21(31)26-7-1-2-17-12-25-14-28-17/h3-6,10-12,14,32H,1-2,7-9,13H2,(H,25,28)(H,26,31). The largest absolute Gasteiger partial charge is 0.351 e. The molecule has 0 bridgehead atoms. The summed E-state index contributed by atoms with van der Waals surface area (Å²) in [5, 5.41) is 3.89. The molecule has 1 aromatic carbocycles. The highest BCUT2D eigenvalue weighted by Crippen LogP contribution is 2.24. The van der Waals surface area contributed by atoms with Crippen molar-refractivity contribution in [3.63, 3.8) is 0 Å². The molecule has 0 aliphatic rings. The summed E-state index contributed by atoms with van der Waals surface area (Å²) < 4.78 is 2.26. The maximum absolute atomic E-state index is 12.4. The number of nitrogens with one attached hydrogen (secondary N) is 2. The third-order valence-electron chi connectivity index (χ3n) is 4.65. The van der Waals surface area contributed by atoms with Crippen LogP contribution in [0.3, 0.4) is 0 Å². The second-order valence-corrected chi connectivity index (χ2v) is 9.24. The van der Waals surface area contributed by atoms with E-state index in [-0.39, 0.29) is 6.03 Å². The Morgan fingerprint density at radius 1 is 1.16 bits per heavy atom. The lowest BCUT2D eigenvalue weighted by Gasteiger charge is -2.26. The van der Waals surface area contributed by atoms with Crippen LogP contribution in [0.4, 0.5) is 10.6 Å². The number of halogens is 3. The number of H-pyrrole nitrogens is 1.